The van der Waals surface area contributed by atoms with Crippen molar-refractivity contribution in [3.05, 3.63) is 0 Å². The maximum Gasteiger partial charge on any atom is 0.315 e. The van der Waals surface area contributed by atoms with Gasteiger partial charge in [-0.25, -0.2) is 4.79 Å². The molecule has 0 radical (unpaired) electrons. The van der Waals surface area contributed by atoms with Crippen LogP contribution in [0.15, 0.2) is 0 Å². The highest BCUT2D eigenvalue weighted by atomic mass is 16.2. The van der Waals surface area contributed by atoms with Crippen LogP contribution < -0.4 is 10.6 Å². The summed E-state index contributed by atoms with van der Waals surface area (Å²) in [5, 5.41) is 6.01. The topological polar surface area (TPSA) is 41.1 Å². The van der Waals surface area contributed by atoms with Crippen molar-refractivity contribution in [1.29, 1.82) is 0 Å². The Morgan fingerprint density at radius 2 is 1.75 bits per heavy atom. The third kappa shape index (κ3) is 1.80. The maximum atomic E-state index is 11.6. The van der Waals surface area contributed by atoms with Crippen LogP contribution in [0.25, 0.3) is 0 Å². The molecule has 3 heteroatoms. The molecule has 0 saturated heterocycles. The van der Waals surface area contributed by atoms with Gasteiger partial charge in [-0.2, -0.15) is 0 Å². The summed E-state index contributed by atoms with van der Waals surface area (Å²) in [5.74, 6) is 0.604. The predicted octanol–water partition coefficient (Wildman–Crippen LogP) is 2.52. The Hall–Kier alpha value is -0.730. The second-order valence-corrected chi connectivity index (χ2v) is 6.48. The van der Waals surface area contributed by atoms with E-state index in [0.29, 0.717) is 22.8 Å². The number of urea groups is 1. The molecule has 0 spiro atoms. The van der Waals surface area contributed by atoms with Crippen LogP contribution in [-0.4, -0.2) is 18.6 Å². The first kappa shape index (κ1) is 11.7. The SMILES string of the molecule is CC1(C)C(CNC(=O)NC2CCC2)C1(C)C. The second-order valence-electron chi connectivity index (χ2n) is 6.48. The van der Waals surface area contributed by atoms with Crippen molar-refractivity contribution in [1.82, 2.24) is 10.6 Å². The van der Waals surface area contributed by atoms with Crippen molar-refractivity contribution in [3.63, 3.8) is 0 Å². The lowest BCUT2D eigenvalue weighted by atomic mass is 9.93. The van der Waals surface area contributed by atoms with Crippen molar-refractivity contribution in [3.8, 4) is 0 Å². The molecule has 0 heterocycles. The smallest absolute Gasteiger partial charge is 0.315 e. The molecule has 2 N–H and O–H groups in total. The highest BCUT2D eigenvalue weighted by molar-refractivity contribution is 5.74. The van der Waals surface area contributed by atoms with E-state index in [-0.39, 0.29) is 6.03 Å². The molecule has 92 valence electrons. The number of carbonyl (C=O) groups excluding carboxylic acids is 1. The van der Waals surface area contributed by atoms with Gasteiger partial charge in [0.25, 0.3) is 0 Å². The molecule has 0 aliphatic heterocycles. The first-order chi connectivity index (χ1) is 7.35. The van der Waals surface area contributed by atoms with Crippen LogP contribution in [0, 0.1) is 16.7 Å². The van der Waals surface area contributed by atoms with E-state index in [1.54, 1.807) is 0 Å². The molecule has 2 amide bonds. The fraction of sp³-hybridized carbons (Fsp3) is 0.923. The zero-order valence-corrected chi connectivity index (χ0v) is 10.9. The molecule has 2 fully saturated rings. The first-order valence-electron chi connectivity index (χ1n) is 6.40. The van der Waals surface area contributed by atoms with E-state index in [0.717, 1.165) is 19.4 Å². The summed E-state index contributed by atoms with van der Waals surface area (Å²) < 4.78 is 0. The summed E-state index contributed by atoms with van der Waals surface area (Å²) in [7, 11) is 0. The Balaban J connectivity index is 1.70. The molecular formula is C13H24N2O. The average Bonchev–Trinajstić information content (AvgIpc) is 2.48. The van der Waals surface area contributed by atoms with Crippen LogP contribution in [0.5, 0.6) is 0 Å². The normalized spacial score (nSPS) is 27.0. The lowest BCUT2D eigenvalue weighted by Crippen LogP contribution is -2.45. The van der Waals surface area contributed by atoms with Crippen LogP contribution in [0.4, 0.5) is 4.79 Å². The molecule has 0 bridgehead atoms. The Kier molecular flexibility index (Phi) is 2.67. The van der Waals surface area contributed by atoms with Gasteiger partial charge in [0.2, 0.25) is 0 Å². The minimum Gasteiger partial charge on any atom is -0.338 e. The molecule has 0 aromatic carbocycles. The van der Waals surface area contributed by atoms with Gasteiger partial charge in [-0.1, -0.05) is 27.7 Å². The highest BCUT2D eigenvalue weighted by Crippen LogP contribution is 2.67. The van der Waals surface area contributed by atoms with E-state index in [1.807, 2.05) is 0 Å². The third-order valence-corrected chi connectivity index (χ3v) is 5.23. The minimum absolute atomic E-state index is 0.0169. The number of rotatable bonds is 3. The van der Waals surface area contributed by atoms with Gasteiger partial charge in [-0.15, -0.1) is 0 Å². The minimum atomic E-state index is 0.0169. The average molecular weight is 224 g/mol. The Morgan fingerprint density at radius 3 is 2.12 bits per heavy atom. The largest absolute Gasteiger partial charge is 0.338 e. The Labute approximate surface area is 98.4 Å². The van der Waals surface area contributed by atoms with Gasteiger partial charge in [0.05, 0.1) is 0 Å². The summed E-state index contributed by atoms with van der Waals surface area (Å²) in [4.78, 5) is 11.6. The summed E-state index contributed by atoms with van der Waals surface area (Å²) in [5.41, 5.74) is 0.716. The van der Waals surface area contributed by atoms with Gasteiger partial charge in [-0.3, -0.25) is 0 Å². The predicted molar refractivity (Wildman–Crippen MR) is 65.2 cm³/mol. The number of nitrogens with one attached hydrogen (secondary N) is 2. The monoisotopic (exact) mass is 224 g/mol. The van der Waals surface area contributed by atoms with Crippen LogP contribution >= 0.6 is 0 Å². The van der Waals surface area contributed by atoms with Gasteiger partial charge in [0.15, 0.2) is 0 Å². The zero-order valence-electron chi connectivity index (χ0n) is 10.9. The van der Waals surface area contributed by atoms with Crippen molar-refractivity contribution in [2.75, 3.05) is 6.54 Å². The standard InChI is InChI=1S/C13H24N2O/c1-12(2)10(13(12,3)4)8-14-11(16)15-9-6-5-7-9/h9-10H,5-8H2,1-4H3,(H2,14,15,16). The molecule has 2 saturated carbocycles. The van der Waals surface area contributed by atoms with E-state index in [9.17, 15) is 4.79 Å². The maximum absolute atomic E-state index is 11.6. The van der Waals surface area contributed by atoms with Crippen LogP contribution in [0.3, 0.4) is 0 Å². The molecule has 0 unspecified atom stereocenters. The molecule has 16 heavy (non-hydrogen) atoms. The van der Waals surface area contributed by atoms with E-state index in [1.165, 1.54) is 6.42 Å². The van der Waals surface area contributed by atoms with E-state index in [2.05, 4.69) is 38.3 Å². The van der Waals surface area contributed by atoms with Gasteiger partial charge in [-0.05, 0) is 36.0 Å². The second kappa shape index (κ2) is 3.64. The zero-order chi connectivity index (χ0) is 12.0. The third-order valence-electron chi connectivity index (χ3n) is 5.23. The fourth-order valence-electron chi connectivity index (χ4n) is 2.83. The Morgan fingerprint density at radius 1 is 1.19 bits per heavy atom. The van der Waals surface area contributed by atoms with E-state index in [4.69, 9.17) is 0 Å². The molecule has 0 aromatic rings. The first-order valence-corrected chi connectivity index (χ1v) is 6.40. The van der Waals surface area contributed by atoms with Crippen molar-refractivity contribution < 1.29 is 4.79 Å². The summed E-state index contributed by atoms with van der Waals surface area (Å²) in [6.45, 7) is 9.93. The van der Waals surface area contributed by atoms with Gasteiger partial charge in [0.1, 0.15) is 0 Å². The molecule has 2 aliphatic carbocycles. The van der Waals surface area contributed by atoms with Gasteiger partial charge < -0.3 is 10.6 Å². The molecule has 3 nitrogen and oxygen atoms in total. The highest BCUT2D eigenvalue weighted by Gasteiger charge is 2.64. The number of carbonyl (C=O) groups is 1. The molecule has 2 aliphatic rings. The van der Waals surface area contributed by atoms with E-state index >= 15 is 0 Å². The van der Waals surface area contributed by atoms with Crippen molar-refractivity contribution in [2.45, 2.75) is 53.0 Å². The molecule has 0 atom stereocenters. The summed E-state index contributed by atoms with van der Waals surface area (Å²) in [6.07, 6.45) is 3.55. The lowest BCUT2D eigenvalue weighted by Gasteiger charge is -2.26. The van der Waals surface area contributed by atoms with Crippen molar-refractivity contribution >= 4 is 6.03 Å². The van der Waals surface area contributed by atoms with Crippen LogP contribution in [0.1, 0.15) is 47.0 Å². The van der Waals surface area contributed by atoms with Crippen LogP contribution in [-0.2, 0) is 0 Å². The fourth-order valence-corrected chi connectivity index (χ4v) is 2.83. The Bertz CT molecular complexity index is 278. The number of hydrogen-bond donors (Lipinski definition) is 2. The van der Waals surface area contributed by atoms with Gasteiger partial charge >= 0.3 is 6.03 Å². The molecule has 2 rings (SSSR count). The quantitative estimate of drug-likeness (QED) is 0.760. The summed E-state index contributed by atoms with van der Waals surface area (Å²) in [6, 6.07) is 0.448. The van der Waals surface area contributed by atoms with Crippen LogP contribution in [0.2, 0.25) is 0 Å². The van der Waals surface area contributed by atoms with E-state index < -0.39 is 0 Å². The molecular weight excluding hydrogens is 200 g/mol. The lowest BCUT2D eigenvalue weighted by molar-refractivity contribution is 0.227. The van der Waals surface area contributed by atoms with Gasteiger partial charge in [0, 0.05) is 12.6 Å². The number of hydrogen-bond acceptors (Lipinski definition) is 1. The molecule has 0 aromatic heterocycles. The van der Waals surface area contributed by atoms with Crippen molar-refractivity contribution in [2.24, 2.45) is 16.7 Å². The number of amides is 2. The summed E-state index contributed by atoms with van der Waals surface area (Å²) >= 11 is 0.